The SMILES string of the molecule is C[C@@H](Sc1nnc(C2CC2)o1)C(=O)Nc1ccccc1C#N. The third kappa shape index (κ3) is 3.28. The first-order chi connectivity index (χ1) is 10.7. The minimum Gasteiger partial charge on any atom is -0.416 e. The first-order valence-electron chi connectivity index (χ1n) is 6.97. The monoisotopic (exact) mass is 314 g/mol. The summed E-state index contributed by atoms with van der Waals surface area (Å²) in [6.45, 7) is 1.76. The van der Waals surface area contributed by atoms with E-state index in [9.17, 15) is 4.79 Å². The molecule has 0 spiro atoms. The number of rotatable bonds is 5. The molecule has 1 aromatic carbocycles. The second-order valence-electron chi connectivity index (χ2n) is 5.09. The summed E-state index contributed by atoms with van der Waals surface area (Å²) in [5, 5.41) is 19.7. The van der Waals surface area contributed by atoms with Gasteiger partial charge >= 0.3 is 0 Å². The van der Waals surface area contributed by atoms with Gasteiger partial charge < -0.3 is 9.73 Å². The van der Waals surface area contributed by atoms with Crippen LogP contribution in [-0.2, 0) is 4.79 Å². The van der Waals surface area contributed by atoms with E-state index in [1.165, 1.54) is 11.8 Å². The molecule has 2 aromatic rings. The quantitative estimate of drug-likeness (QED) is 0.853. The van der Waals surface area contributed by atoms with Crippen molar-refractivity contribution in [1.82, 2.24) is 10.2 Å². The van der Waals surface area contributed by atoms with Crippen molar-refractivity contribution in [3.05, 3.63) is 35.7 Å². The second-order valence-corrected chi connectivity index (χ2v) is 6.38. The Morgan fingerprint density at radius 1 is 1.45 bits per heavy atom. The van der Waals surface area contributed by atoms with E-state index in [1.54, 1.807) is 31.2 Å². The number of aromatic nitrogens is 2. The molecule has 1 amide bonds. The lowest BCUT2D eigenvalue weighted by Crippen LogP contribution is -2.22. The first kappa shape index (κ1) is 14.6. The molecule has 1 fully saturated rings. The Kier molecular flexibility index (Phi) is 4.11. The number of hydrogen-bond donors (Lipinski definition) is 1. The van der Waals surface area contributed by atoms with E-state index in [2.05, 4.69) is 15.5 Å². The molecule has 1 aliphatic carbocycles. The Balaban J connectivity index is 1.62. The molecule has 1 aromatic heterocycles. The molecule has 7 heteroatoms. The smallest absolute Gasteiger partial charge is 0.277 e. The average Bonchev–Trinajstić information content (AvgIpc) is 3.28. The molecule has 1 saturated carbocycles. The van der Waals surface area contributed by atoms with E-state index in [4.69, 9.17) is 9.68 Å². The number of para-hydroxylation sites is 1. The molecule has 3 rings (SSSR count). The topological polar surface area (TPSA) is 91.8 Å². The fourth-order valence-corrected chi connectivity index (χ4v) is 2.58. The summed E-state index contributed by atoms with van der Waals surface area (Å²) < 4.78 is 5.53. The number of benzene rings is 1. The van der Waals surface area contributed by atoms with Gasteiger partial charge in [0.15, 0.2) is 0 Å². The van der Waals surface area contributed by atoms with Crippen LogP contribution in [0.15, 0.2) is 33.9 Å². The molecule has 1 aliphatic rings. The summed E-state index contributed by atoms with van der Waals surface area (Å²) in [5.41, 5.74) is 0.938. The van der Waals surface area contributed by atoms with Gasteiger partial charge in [-0.2, -0.15) is 5.26 Å². The number of nitrogens with zero attached hydrogens (tertiary/aromatic N) is 3. The number of carbonyl (C=O) groups is 1. The number of hydrogen-bond acceptors (Lipinski definition) is 6. The summed E-state index contributed by atoms with van der Waals surface area (Å²) in [7, 11) is 0. The maximum absolute atomic E-state index is 12.2. The first-order valence-corrected chi connectivity index (χ1v) is 7.85. The molecule has 1 atom stereocenters. The summed E-state index contributed by atoms with van der Waals surface area (Å²) in [6, 6.07) is 8.94. The van der Waals surface area contributed by atoms with Gasteiger partial charge in [0.2, 0.25) is 11.8 Å². The van der Waals surface area contributed by atoms with Crippen LogP contribution >= 0.6 is 11.8 Å². The van der Waals surface area contributed by atoms with Crippen molar-refractivity contribution >= 4 is 23.4 Å². The van der Waals surface area contributed by atoms with Crippen molar-refractivity contribution in [2.24, 2.45) is 0 Å². The molecule has 1 heterocycles. The van der Waals surface area contributed by atoms with Gasteiger partial charge in [-0.05, 0) is 31.9 Å². The predicted molar refractivity (Wildman–Crippen MR) is 81.4 cm³/mol. The third-order valence-corrected chi connectivity index (χ3v) is 4.24. The van der Waals surface area contributed by atoms with Gasteiger partial charge in [-0.3, -0.25) is 4.79 Å². The lowest BCUT2D eigenvalue weighted by Gasteiger charge is -2.10. The van der Waals surface area contributed by atoms with Crippen molar-refractivity contribution < 1.29 is 9.21 Å². The minimum absolute atomic E-state index is 0.209. The van der Waals surface area contributed by atoms with E-state index < -0.39 is 5.25 Å². The molecule has 1 N–H and O–H groups in total. The number of carbonyl (C=O) groups excluding carboxylic acids is 1. The lowest BCUT2D eigenvalue weighted by molar-refractivity contribution is -0.115. The van der Waals surface area contributed by atoms with E-state index in [0.717, 1.165) is 12.8 Å². The van der Waals surface area contributed by atoms with Crippen molar-refractivity contribution in [2.45, 2.75) is 36.2 Å². The largest absolute Gasteiger partial charge is 0.416 e. The standard InChI is InChI=1S/C15H14N4O2S/c1-9(22-15-19-18-14(21-15)10-6-7-10)13(20)17-12-5-3-2-4-11(12)8-16/h2-5,9-10H,6-7H2,1H3,(H,17,20)/t9-/m1/s1. The van der Waals surface area contributed by atoms with Gasteiger partial charge in [0.05, 0.1) is 16.5 Å². The molecule has 22 heavy (non-hydrogen) atoms. The van der Waals surface area contributed by atoms with Gasteiger partial charge in [0.25, 0.3) is 5.22 Å². The fraction of sp³-hybridized carbons (Fsp3) is 0.333. The van der Waals surface area contributed by atoms with Crippen LogP contribution in [0.4, 0.5) is 5.69 Å². The van der Waals surface area contributed by atoms with Crippen molar-refractivity contribution in [2.75, 3.05) is 5.32 Å². The lowest BCUT2D eigenvalue weighted by atomic mass is 10.2. The molecule has 112 valence electrons. The highest BCUT2D eigenvalue weighted by Gasteiger charge is 2.30. The van der Waals surface area contributed by atoms with E-state index in [-0.39, 0.29) is 5.91 Å². The number of anilines is 1. The Bertz CT molecular complexity index is 733. The van der Waals surface area contributed by atoms with Crippen LogP contribution in [0.25, 0.3) is 0 Å². The van der Waals surface area contributed by atoms with E-state index >= 15 is 0 Å². The zero-order valence-corrected chi connectivity index (χ0v) is 12.8. The van der Waals surface area contributed by atoms with Crippen LogP contribution in [0.3, 0.4) is 0 Å². The summed E-state index contributed by atoms with van der Waals surface area (Å²) in [4.78, 5) is 12.2. The summed E-state index contributed by atoms with van der Waals surface area (Å²) in [5.74, 6) is 0.845. The van der Waals surface area contributed by atoms with Gasteiger partial charge in [-0.15, -0.1) is 10.2 Å². The van der Waals surface area contributed by atoms with Crippen LogP contribution in [0.2, 0.25) is 0 Å². The van der Waals surface area contributed by atoms with Crippen LogP contribution < -0.4 is 5.32 Å². The highest BCUT2D eigenvalue weighted by Crippen LogP contribution is 2.40. The maximum atomic E-state index is 12.2. The predicted octanol–water partition coefficient (Wildman–Crippen LogP) is 2.94. The number of amides is 1. The van der Waals surface area contributed by atoms with Gasteiger partial charge in [-0.1, -0.05) is 23.9 Å². The highest BCUT2D eigenvalue weighted by atomic mass is 32.2. The molecular weight excluding hydrogens is 300 g/mol. The summed E-state index contributed by atoms with van der Waals surface area (Å²) in [6.07, 6.45) is 2.18. The van der Waals surface area contributed by atoms with E-state index in [1.807, 2.05) is 6.07 Å². The zero-order chi connectivity index (χ0) is 15.5. The molecule has 0 saturated heterocycles. The Labute approximate surface area is 131 Å². The average molecular weight is 314 g/mol. The molecule has 0 unspecified atom stereocenters. The van der Waals surface area contributed by atoms with E-state index in [0.29, 0.717) is 28.3 Å². The Morgan fingerprint density at radius 3 is 2.95 bits per heavy atom. The Morgan fingerprint density at radius 2 is 2.23 bits per heavy atom. The molecule has 0 aliphatic heterocycles. The third-order valence-electron chi connectivity index (χ3n) is 3.30. The van der Waals surface area contributed by atoms with Crippen molar-refractivity contribution in [3.63, 3.8) is 0 Å². The molecule has 0 bridgehead atoms. The number of nitriles is 1. The second kappa shape index (κ2) is 6.20. The van der Waals surface area contributed by atoms with Crippen molar-refractivity contribution in [1.29, 1.82) is 5.26 Å². The Hall–Kier alpha value is -2.33. The maximum Gasteiger partial charge on any atom is 0.277 e. The van der Waals surface area contributed by atoms with Crippen LogP contribution in [-0.4, -0.2) is 21.4 Å². The zero-order valence-electron chi connectivity index (χ0n) is 11.9. The molecular formula is C15H14N4O2S. The van der Waals surface area contributed by atoms with Gasteiger partial charge in [0.1, 0.15) is 6.07 Å². The van der Waals surface area contributed by atoms with Gasteiger partial charge in [0, 0.05) is 5.92 Å². The summed E-state index contributed by atoms with van der Waals surface area (Å²) >= 11 is 1.22. The van der Waals surface area contributed by atoms with Crippen LogP contribution in [0.1, 0.15) is 37.1 Å². The van der Waals surface area contributed by atoms with Gasteiger partial charge in [-0.25, -0.2) is 0 Å². The van der Waals surface area contributed by atoms with Crippen LogP contribution in [0.5, 0.6) is 0 Å². The van der Waals surface area contributed by atoms with Crippen molar-refractivity contribution in [3.8, 4) is 6.07 Å². The molecule has 0 radical (unpaired) electrons. The molecule has 6 nitrogen and oxygen atoms in total. The highest BCUT2D eigenvalue weighted by molar-refractivity contribution is 8.00. The minimum atomic E-state index is -0.403. The normalized spacial score (nSPS) is 15.1. The number of nitrogens with one attached hydrogen (secondary N) is 1. The van der Waals surface area contributed by atoms with Crippen LogP contribution in [0, 0.1) is 11.3 Å². The number of thioether (sulfide) groups is 1. The fourth-order valence-electron chi connectivity index (χ4n) is 1.89.